The van der Waals surface area contributed by atoms with Gasteiger partial charge < -0.3 is 4.98 Å². The highest BCUT2D eigenvalue weighted by atomic mass is 79.9. The Labute approximate surface area is 123 Å². The van der Waals surface area contributed by atoms with E-state index < -0.39 is 0 Å². The number of rotatable bonds is 2. The van der Waals surface area contributed by atoms with E-state index in [0.29, 0.717) is 16.5 Å². The van der Waals surface area contributed by atoms with Gasteiger partial charge in [-0.25, -0.2) is 4.39 Å². The van der Waals surface area contributed by atoms with E-state index >= 15 is 0 Å². The van der Waals surface area contributed by atoms with Gasteiger partial charge in [0.15, 0.2) is 5.78 Å². The number of benzene rings is 2. The third-order valence-corrected chi connectivity index (χ3v) is 3.91. The van der Waals surface area contributed by atoms with Crippen molar-refractivity contribution in [3.63, 3.8) is 0 Å². The van der Waals surface area contributed by atoms with E-state index in [1.807, 2.05) is 19.1 Å². The Morgan fingerprint density at radius 3 is 2.70 bits per heavy atom. The second-order valence-electron chi connectivity index (χ2n) is 4.70. The summed E-state index contributed by atoms with van der Waals surface area (Å²) < 4.78 is 14.1. The van der Waals surface area contributed by atoms with Crippen molar-refractivity contribution in [3.05, 3.63) is 69.6 Å². The van der Waals surface area contributed by atoms with E-state index in [-0.39, 0.29) is 11.6 Å². The van der Waals surface area contributed by atoms with Crippen LogP contribution in [0.1, 0.15) is 21.5 Å². The lowest BCUT2D eigenvalue weighted by molar-refractivity contribution is 0.103. The second-order valence-corrected chi connectivity index (χ2v) is 5.56. The quantitative estimate of drug-likeness (QED) is 0.683. The van der Waals surface area contributed by atoms with Crippen molar-refractivity contribution in [2.75, 3.05) is 0 Å². The maximum absolute atomic E-state index is 13.4. The highest BCUT2D eigenvalue weighted by Gasteiger charge is 2.17. The molecule has 0 amide bonds. The molecule has 1 heterocycles. The molecule has 1 aromatic heterocycles. The molecule has 4 heteroatoms. The summed E-state index contributed by atoms with van der Waals surface area (Å²) in [5.41, 5.74) is 2.86. The van der Waals surface area contributed by atoms with E-state index in [1.165, 1.54) is 12.1 Å². The standard InChI is InChI=1S/C16H11BrFNO/c1-9-2-4-11(14(17)6-9)16(20)13-8-19-15-5-3-10(18)7-12(13)15/h2-8,19H,1H3. The number of halogens is 2. The molecule has 0 aliphatic carbocycles. The van der Waals surface area contributed by atoms with Gasteiger partial charge in [-0.3, -0.25) is 4.79 Å². The maximum atomic E-state index is 13.4. The smallest absolute Gasteiger partial charge is 0.196 e. The molecule has 0 radical (unpaired) electrons. The predicted molar refractivity (Wildman–Crippen MR) is 80.6 cm³/mol. The number of nitrogens with one attached hydrogen (secondary N) is 1. The van der Waals surface area contributed by atoms with Crippen LogP contribution in [0.4, 0.5) is 4.39 Å². The van der Waals surface area contributed by atoms with Crippen molar-refractivity contribution in [1.29, 1.82) is 0 Å². The molecule has 3 aromatic rings. The molecule has 0 aliphatic heterocycles. The second kappa shape index (κ2) is 4.87. The van der Waals surface area contributed by atoms with Gasteiger partial charge in [-0.15, -0.1) is 0 Å². The highest BCUT2D eigenvalue weighted by Crippen LogP contribution is 2.26. The molecule has 20 heavy (non-hydrogen) atoms. The molecule has 0 unspecified atom stereocenters. The molecule has 3 rings (SSSR count). The largest absolute Gasteiger partial charge is 0.360 e. The normalized spacial score (nSPS) is 10.9. The molecule has 2 nitrogen and oxygen atoms in total. The van der Waals surface area contributed by atoms with Crippen LogP contribution in [-0.4, -0.2) is 10.8 Å². The van der Waals surface area contributed by atoms with Gasteiger partial charge in [-0.05, 0) is 42.8 Å². The van der Waals surface area contributed by atoms with Gasteiger partial charge in [0.05, 0.1) is 0 Å². The van der Waals surface area contributed by atoms with Crippen molar-refractivity contribution in [3.8, 4) is 0 Å². The lowest BCUT2D eigenvalue weighted by atomic mass is 10.0. The number of H-pyrrole nitrogens is 1. The number of carbonyl (C=O) groups excluding carboxylic acids is 1. The first-order valence-electron chi connectivity index (χ1n) is 6.14. The van der Waals surface area contributed by atoms with Crippen molar-refractivity contribution >= 4 is 32.6 Å². The van der Waals surface area contributed by atoms with Crippen LogP contribution in [0.25, 0.3) is 10.9 Å². The van der Waals surface area contributed by atoms with E-state index in [4.69, 9.17) is 0 Å². The fraction of sp³-hybridized carbons (Fsp3) is 0.0625. The minimum atomic E-state index is -0.353. The molecule has 0 spiro atoms. The first-order valence-corrected chi connectivity index (χ1v) is 6.93. The lowest BCUT2D eigenvalue weighted by Crippen LogP contribution is -2.01. The predicted octanol–water partition coefficient (Wildman–Crippen LogP) is 4.61. The first kappa shape index (κ1) is 13.1. The third-order valence-electron chi connectivity index (χ3n) is 3.26. The van der Waals surface area contributed by atoms with Crippen LogP contribution in [0.15, 0.2) is 47.1 Å². The van der Waals surface area contributed by atoms with Gasteiger partial charge in [0.25, 0.3) is 0 Å². The number of aryl methyl sites for hydroxylation is 1. The zero-order valence-corrected chi connectivity index (χ0v) is 12.3. The molecule has 0 fully saturated rings. The van der Waals surface area contributed by atoms with Crippen LogP contribution in [0.5, 0.6) is 0 Å². The number of fused-ring (bicyclic) bond motifs is 1. The number of carbonyl (C=O) groups is 1. The van der Waals surface area contributed by atoms with Gasteiger partial charge in [0.1, 0.15) is 5.82 Å². The van der Waals surface area contributed by atoms with E-state index in [0.717, 1.165) is 15.6 Å². The van der Waals surface area contributed by atoms with Gasteiger partial charge >= 0.3 is 0 Å². The molecule has 0 saturated carbocycles. The number of aromatic nitrogens is 1. The Morgan fingerprint density at radius 1 is 1.15 bits per heavy atom. The number of hydrogen-bond acceptors (Lipinski definition) is 1. The average Bonchev–Trinajstić information content (AvgIpc) is 2.81. The summed E-state index contributed by atoms with van der Waals surface area (Å²) in [7, 11) is 0. The number of aromatic amines is 1. The Balaban J connectivity index is 2.15. The van der Waals surface area contributed by atoms with E-state index in [2.05, 4.69) is 20.9 Å². The molecule has 100 valence electrons. The monoisotopic (exact) mass is 331 g/mol. The third kappa shape index (κ3) is 2.16. The first-order chi connectivity index (χ1) is 9.56. The minimum Gasteiger partial charge on any atom is -0.360 e. The molecule has 0 aliphatic rings. The van der Waals surface area contributed by atoms with Crippen LogP contribution in [0.2, 0.25) is 0 Å². The van der Waals surface area contributed by atoms with Crippen molar-refractivity contribution < 1.29 is 9.18 Å². The fourth-order valence-corrected chi connectivity index (χ4v) is 2.90. The molecule has 0 atom stereocenters. The lowest BCUT2D eigenvalue weighted by Gasteiger charge is -2.04. The maximum Gasteiger partial charge on any atom is 0.196 e. The molecule has 0 bridgehead atoms. The Hall–Kier alpha value is -1.94. The summed E-state index contributed by atoms with van der Waals surface area (Å²) in [4.78, 5) is 15.6. The Bertz CT molecular complexity index is 822. The van der Waals surface area contributed by atoms with Crippen LogP contribution in [-0.2, 0) is 0 Å². The van der Waals surface area contributed by atoms with E-state index in [9.17, 15) is 9.18 Å². The Kier molecular flexibility index (Phi) is 3.18. The molecular formula is C16H11BrFNO. The summed E-state index contributed by atoms with van der Waals surface area (Å²) in [6.07, 6.45) is 1.62. The zero-order valence-electron chi connectivity index (χ0n) is 10.7. The number of ketones is 1. The van der Waals surface area contributed by atoms with Crippen molar-refractivity contribution in [1.82, 2.24) is 4.98 Å². The number of hydrogen-bond donors (Lipinski definition) is 1. The Morgan fingerprint density at radius 2 is 1.95 bits per heavy atom. The minimum absolute atomic E-state index is 0.131. The zero-order chi connectivity index (χ0) is 14.3. The van der Waals surface area contributed by atoms with Crippen molar-refractivity contribution in [2.45, 2.75) is 6.92 Å². The summed E-state index contributed by atoms with van der Waals surface area (Å²) >= 11 is 3.41. The van der Waals surface area contributed by atoms with Gasteiger partial charge in [-0.2, -0.15) is 0 Å². The van der Waals surface area contributed by atoms with E-state index in [1.54, 1.807) is 18.3 Å². The van der Waals surface area contributed by atoms with Crippen molar-refractivity contribution in [2.24, 2.45) is 0 Å². The van der Waals surface area contributed by atoms with Gasteiger partial charge in [-0.1, -0.05) is 22.0 Å². The van der Waals surface area contributed by atoms with Crippen LogP contribution < -0.4 is 0 Å². The summed E-state index contributed by atoms with van der Waals surface area (Å²) in [5, 5.41) is 0.600. The molecule has 1 N–H and O–H groups in total. The van der Waals surface area contributed by atoms with Crippen LogP contribution >= 0.6 is 15.9 Å². The summed E-state index contributed by atoms with van der Waals surface area (Å²) in [6.45, 7) is 1.96. The molecule has 0 saturated heterocycles. The molecular weight excluding hydrogens is 321 g/mol. The fourth-order valence-electron chi connectivity index (χ4n) is 2.23. The summed E-state index contributed by atoms with van der Waals surface area (Å²) in [5.74, 6) is -0.483. The summed E-state index contributed by atoms with van der Waals surface area (Å²) in [6, 6.07) is 9.93. The SMILES string of the molecule is Cc1ccc(C(=O)c2c[nH]c3ccc(F)cc23)c(Br)c1. The van der Waals surface area contributed by atoms with Gasteiger partial charge in [0, 0.05) is 32.7 Å². The highest BCUT2D eigenvalue weighted by molar-refractivity contribution is 9.10. The van der Waals surface area contributed by atoms with Crippen LogP contribution in [0.3, 0.4) is 0 Å². The average molecular weight is 332 g/mol. The molecule has 2 aromatic carbocycles. The van der Waals surface area contributed by atoms with Gasteiger partial charge in [0.2, 0.25) is 0 Å². The topological polar surface area (TPSA) is 32.9 Å². The van der Waals surface area contributed by atoms with Crippen LogP contribution in [0, 0.1) is 12.7 Å².